The zero-order chi connectivity index (χ0) is 14.4. The largest absolute Gasteiger partial charge is 0.317 e. The summed E-state index contributed by atoms with van der Waals surface area (Å²) < 4.78 is 0. The molecule has 2 nitrogen and oxygen atoms in total. The molecular weight excluding hydrogens is 256 g/mol. The standard InChI is InChI=1S/C19H34N2/c1-3-20-12-15-4-5-21(13-15)14(2)19-9-16-6-17(10-19)8-18(7-16)11-19/h14-18,20H,3-13H2,1-2H3. The molecule has 21 heavy (non-hydrogen) atoms. The SMILES string of the molecule is CCNCC1CCN(C(C)C23CC4CC(CC(C4)C2)C3)C1. The van der Waals surface area contributed by atoms with Crippen LogP contribution in [0.25, 0.3) is 0 Å². The Labute approximate surface area is 131 Å². The maximum Gasteiger partial charge on any atom is 0.0124 e. The van der Waals surface area contributed by atoms with E-state index in [0.717, 1.165) is 36.3 Å². The van der Waals surface area contributed by atoms with Crippen molar-refractivity contribution in [2.75, 3.05) is 26.2 Å². The lowest BCUT2D eigenvalue weighted by atomic mass is 9.47. The van der Waals surface area contributed by atoms with Crippen LogP contribution in [0.1, 0.15) is 58.8 Å². The van der Waals surface area contributed by atoms with Gasteiger partial charge in [-0.25, -0.2) is 0 Å². The summed E-state index contributed by atoms with van der Waals surface area (Å²) in [5.74, 6) is 4.19. The van der Waals surface area contributed by atoms with Gasteiger partial charge in [-0.3, -0.25) is 4.90 Å². The van der Waals surface area contributed by atoms with E-state index in [-0.39, 0.29) is 0 Å². The summed E-state index contributed by atoms with van der Waals surface area (Å²) in [6.07, 6.45) is 10.8. The summed E-state index contributed by atoms with van der Waals surface area (Å²) in [4.78, 5) is 2.87. The summed E-state index contributed by atoms with van der Waals surface area (Å²) in [5, 5.41) is 3.56. The van der Waals surface area contributed by atoms with Gasteiger partial charge in [0.05, 0.1) is 0 Å². The molecule has 5 fully saturated rings. The molecule has 0 aromatic heterocycles. The molecule has 2 atom stereocenters. The Morgan fingerprint density at radius 3 is 2.29 bits per heavy atom. The van der Waals surface area contributed by atoms with Gasteiger partial charge in [-0.2, -0.15) is 0 Å². The van der Waals surface area contributed by atoms with Gasteiger partial charge < -0.3 is 5.32 Å². The molecular formula is C19H34N2. The van der Waals surface area contributed by atoms with E-state index in [9.17, 15) is 0 Å². The second-order valence-corrected chi connectivity index (χ2v) is 8.91. The molecule has 0 spiro atoms. The second-order valence-electron chi connectivity index (χ2n) is 8.91. The number of hydrogen-bond donors (Lipinski definition) is 1. The first-order valence-electron chi connectivity index (χ1n) is 9.63. The summed E-state index contributed by atoms with van der Waals surface area (Å²) in [7, 11) is 0. The van der Waals surface area contributed by atoms with E-state index in [1.54, 1.807) is 38.5 Å². The maximum atomic E-state index is 3.56. The van der Waals surface area contributed by atoms with Crippen molar-refractivity contribution < 1.29 is 0 Å². The van der Waals surface area contributed by atoms with Crippen LogP contribution < -0.4 is 5.32 Å². The van der Waals surface area contributed by atoms with E-state index < -0.39 is 0 Å². The Morgan fingerprint density at radius 1 is 1.10 bits per heavy atom. The second kappa shape index (κ2) is 5.53. The van der Waals surface area contributed by atoms with Crippen molar-refractivity contribution in [1.29, 1.82) is 0 Å². The average molecular weight is 290 g/mol. The van der Waals surface area contributed by atoms with Crippen molar-refractivity contribution >= 4 is 0 Å². The summed E-state index contributed by atoms with van der Waals surface area (Å²) >= 11 is 0. The van der Waals surface area contributed by atoms with Crippen LogP contribution in [0.15, 0.2) is 0 Å². The molecule has 5 rings (SSSR count). The van der Waals surface area contributed by atoms with Gasteiger partial charge in [-0.05, 0) is 101 Å². The van der Waals surface area contributed by atoms with Crippen LogP contribution in [-0.2, 0) is 0 Å². The molecule has 1 saturated heterocycles. The number of hydrogen-bond acceptors (Lipinski definition) is 2. The minimum Gasteiger partial charge on any atom is -0.317 e. The van der Waals surface area contributed by atoms with Gasteiger partial charge in [0.1, 0.15) is 0 Å². The zero-order valence-corrected chi connectivity index (χ0v) is 14.1. The molecule has 0 aromatic rings. The third kappa shape index (κ3) is 2.57. The van der Waals surface area contributed by atoms with E-state index in [4.69, 9.17) is 0 Å². The highest BCUT2D eigenvalue weighted by atomic mass is 15.2. The average Bonchev–Trinajstić information content (AvgIpc) is 2.91. The molecule has 4 saturated carbocycles. The quantitative estimate of drug-likeness (QED) is 0.833. The smallest absolute Gasteiger partial charge is 0.0124 e. The van der Waals surface area contributed by atoms with Gasteiger partial charge >= 0.3 is 0 Å². The minimum atomic E-state index is 0.710. The summed E-state index contributed by atoms with van der Waals surface area (Å²) in [6, 6.07) is 0.845. The molecule has 120 valence electrons. The molecule has 2 heteroatoms. The topological polar surface area (TPSA) is 15.3 Å². The van der Waals surface area contributed by atoms with Gasteiger partial charge in [0.2, 0.25) is 0 Å². The molecule has 4 aliphatic carbocycles. The zero-order valence-electron chi connectivity index (χ0n) is 14.1. The van der Waals surface area contributed by atoms with E-state index in [0.29, 0.717) is 5.41 Å². The Balaban J connectivity index is 1.42. The molecule has 1 aliphatic heterocycles. The summed E-state index contributed by atoms with van der Waals surface area (Å²) in [6.45, 7) is 9.89. The van der Waals surface area contributed by atoms with Crippen LogP contribution >= 0.6 is 0 Å². The van der Waals surface area contributed by atoms with Crippen molar-refractivity contribution in [3.8, 4) is 0 Å². The van der Waals surface area contributed by atoms with Crippen LogP contribution in [0.3, 0.4) is 0 Å². The molecule has 5 aliphatic rings. The predicted octanol–water partition coefficient (Wildman–Crippen LogP) is 3.52. The Kier molecular flexibility index (Phi) is 3.82. The van der Waals surface area contributed by atoms with Crippen LogP contribution in [-0.4, -0.2) is 37.1 Å². The Bertz CT molecular complexity index is 342. The van der Waals surface area contributed by atoms with Crippen molar-refractivity contribution in [3.63, 3.8) is 0 Å². The van der Waals surface area contributed by atoms with Gasteiger partial charge in [0, 0.05) is 12.6 Å². The lowest BCUT2D eigenvalue weighted by molar-refractivity contribution is -0.0934. The van der Waals surface area contributed by atoms with Crippen molar-refractivity contribution in [1.82, 2.24) is 10.2 Å². The number of likely N-dealkylation sites (tertiary alicyclic amines) is 1. The van der Waals surface area contributed by atoms with Crippen LogP contribution in [0.5, 0.6) is 0 Å². The van der Waals surface area contributed by atoms with Crippen molar-refractivity contribution in [3.05, 3.63) is 0 Å². The molecule has 1 heterocycles. The van der Waals surface area contributed by atoms with Crippen LogP contribution in [0, 0.1) is 29.1 Å². The molecule has 1 N–H and O–H groups in total. The van der Waals surface area contributed by atoms with Crippen LogP contribution in [0.4, 0.5) is 0 Å². The minimum absolute atomic E-state index is 0.710. The highest BCUT2D eigenvalue weighted by Crippen LogP contribution is 2.62. The van der Waals surface area contributed by atoms with E-state index in [1.807, 2.05) is 0 Å². The van der Waals surface area contributed by atoms with Gasteiger partial charge in [-0.15, -0.1) is 0 Å². The molecule has 0 amide bonds. The fraction of sp³-hybridized carbons (Fsp3) is 1.00. The highest BCUT2D eigenvalue weighted by Gasteiger charge is 2.54. The maximum absolute atomic E-state index is 3.56. The van der Waals surface area contributed by atoms with Crippen LogP contribution in [0.2, 0.25) is 0 Å². The van der Waals surface area contributed by atoms with E-state index in [1.165, 1.54) is 26.1 Å². The predicted molar refractivity (Wildman–Crippen MR) is 88.3 cm³/mol. The first-order chi connectivity index (χ1) is 10.2. The lowest BCUT2D eigenvalue weighted by Crippen LogP contribution is -2.55. The molecule has 2 unspecified atom stereocenters. The molecule has 0 radical (unpaired) electrons. The van der Waals surface area contributed by atoms with Gasteiger partial charge in [-0.1, -0.05) is 6.92 Å². The third-order valence-electron chi connectivity index (χ3n) is 7.52. The van der Waals surface area contributed by atoms with E-state index in [2.05, 4.69) is 24.1 Å². The molecule has 4 bridgehead atoms. The van der Waals surface area contributed by atoms with Gasteiger partial charge in [0.15, 0.2) is 0 Å². The Morgan fingerprint density at radius 2 is 1.71 bits per heavy atom. The third-order valence-corrected chi connectivity index (χ3v) is 7.52. The lowest BCUT2D eigenvalue weighted by Gasteiger charge is -2.60. The number of rotatable bonds is 5. The van der Waals surface area contributed by atoms with Gasteiger partial charge in [0.25, 0.3) is 0 Å². The molecule has 0 aromatic carbocycles. The van der Waals surface area contributed by atoms with Crippen molar-refractivity contribution in [2.24, 2.45) is 29.1 Å². The Hall–Kier alpha value is -0.0800. The number of nitrogens with zero attached hydrogens (tertiary/aromatic N) is 1. The fourth-order valence-electron chi connectivity index (χ4n) is 6.81. The first kappa shape index (κ1) is 14.5. The highest BCUT2D eigenvalue weighted by molar-refractivity contribution is 5.06. The monoisotopic (exact) mass is 290 g/mol. The van der Waals surface area contributed by atoms with Crippen molar-refractivity contribution in [2.45, 2.75) is 64.8 Å². The van der Waals surface area contributed by atoms with E-state index >= 15 is 0 Å². The summed E-state index contributed by atoms with van der Waals surface area (Å²) in [5.41, 5.74) is 0.710. The fourth-order valence-corrected chi connectivity index (χ4v) is 6.81. The number of nitrogens with one attached hydrogen (secondary N) is 1. The normalized spacial score (nSPS) is 47.1. The first-order valence-corrected chi connectivity index (χ1v) is 9.63.